The van der Waals surface area contributed by atoms with Crippen LogP contribution >= 0.6 is 7.82 Å². The predicted molar refractivity (Wildman–Crippen MR) is 142 cm³/mol. The van der Waals surface area contributed by atoms with Crippen molar-refractivity contribution >= 4 is 31.0 Å². The van der Waals surface area contributed by atoms with Crippen molar-refractivity contribution in [2.24, 2.45) is 0 Å². The van der Waals surface area contributed by atoms with Gasteiger partial charge in [0.1, 0.15) is 5.82 Å². The van der Waals surface area contributed by atoms with Gasteiger partial charge in [-0.25, -0.2) is 8.96 Å². The Morgan fingerprint density at radius 2 is 1.67 bits per heavy atom. The quantitative estimate of drug-likeness (QED) is 0.231. The zero-order chi connectivity index (χ0) is 26.1. The van der Waals surface area contributed by atoms with Gasteiger partial charge in [-0.3, -0.25) is 18.4 Å². The van der Waals surface area contributed by atoms with E-state index in [0.717, 1.165) is 33.4 Å². The Hall–Kier alpha value is -2.57. The number of unbranched alkanes of at least 4 members (excludes halogenated alkanes) is 1. The molecule has 2 aromatic carbocycles. The molecule has 0 fully saturated rings. The number of phosphoric acid groups is 1. The van der Waals surface area contributed by atoms with Crippen LogP contribution in [0.1, 0.15) is 62.3 Å². The van der Waals surface area contributed by atoms with Crippen LogP contribution in [-0.4, -0.2) is 32.3 Å². The lowest BCUT2D eigenvalue weighted by Gasteiger charge is -2.16. The van der Waals surface area contributed by atoms with Gasteiger partial charge in [0.2, 0.25) is 5.91 Å². The van der Waals surface area contributed by atoms with Crippen LogP contribution in [0.15, 0.2) is 48.0 Å². The van der Waals surface area contributed by atoms with E-state index in [1.807, 2.05) is 13.8 Å². The molecule has 1 N–H and O–H groups in total. The highest BCUT2D eigenvalue weighted by Crippen LogP contribution is 2.49. The van der Waals surface area contributed by atoms with Crippen LogP contribution in [-0.2, 0) is 22.9 Å². The molecule has 6 nitrogen and oxygen atoms in total. The minimum Gasteiger partial charge on any atom is -0.356 e. The zero-order valence-corrected chi connectivity index (χ0v) is 22.3. The minimum atomic E-state index is -3.51. The number of phosphoric ester groups is 1. The molecule has 0 saturated carbocycles. The number of amides is 1. The van der Waals surface area contributed by atoms with Crippen LogP contribution in [0.2, 0.25) is 0 Å². The largest absolute Gasteiger partial charge is 0.474 e. The van der Waals surface area contributed by atoms with Crippen LogP contribution in [0.4, 0.5) is 4.39 Å². The van der Waals surface area contributed by atoms with Gasteiger partial charge in [0.25, 0.3) is 0 Å². The third-order valence-electron chi connectivity index (χ3n) is 5.90. The number of hydrogen-bond acceptors (Lipinski definition) is 5. The Kier molecular flexibility index (Phi) is 10.2. The highest BCUT2D eigenvalue weighted by atomic mass is 31.2. The van der Waals surface area contributed by atoms with Crippen LogP contribution in [0, 0.1) is 12.7 Å². The molecular weight excluding hydrogens is 480 g/mol. The zero-order valence-electron chi connectivity index (χ0n) is 21.4. The van der Waals surface area contributed by atoms with Crippen LogP contribution in [0.25, 0.3) is 17.2 Å². The second-order valence-electron chi connectivity index (χ2n) is 8.61. The number of aryl methyl sites for hydroxylation is 1. The average molecular weight is 516 g/mol. The van der Waals surface area contributed by atoms with Gasteiger partial charge in [0.15, 0.2) is 0 Å². The van der Waals surface area contributed by atoms with E-state index in [4.69, 9.17) is 13.6 Å². The SMILES string of the molecule is CCOP(=O)(OCC)OCCCCNC(=O)CC1=C(C)/C(=C/c2ccc(C)cc2)c2ccc(F)cc21. The van der Waals surface area contributed by atoms with Crippen molar-refractivity contribution in [3.8, 4) is 0 Å². The molecule has 0 radical (unpaired) electrons. The van der Waals surface area contributed by atoms with E-state index in [1.165, 1.54) is 17.7 Å². The Labute approximate surface area is 213 Å². The lowest BCUT2D eigenvalue weighted by atomic mass is 10.00. The van der Waals surface area contributed by atoms with Crippen molar-refractivity contribution in [2.45, 2.75) is 47.0 Å². The minimum absolute atomic E-state index is 0.133. The van der Waals surface area contributed by atoms with Crippen LogP contribution in [0.3, 0.4) is 0 Å². The van der Waals surface area contributed by atoms with Crippen molar-refractivity contribution in [3.05, 3.63) is 76.1 Å². The van der Waals surface area contributed by atoms with E-state index in [2.05, 4.69) is 35.7 Å². The monoisotopic (exact) mass is 515 g/mol. The summed E-state index contributed by atoms with van der Waals surface area (Å²) in [7, 11) is -3.51. The maximum atomic E-state index is 14.1. The molecule has 0 atom stereocenters. The van der Waals surface area contributed by atoms with Crippen molar-refractivity contribution in [1.82, 2.24) is 5.32 Å². The fourth-order valence-electron chi connectivity index (χ4n) is 4.09. The third-order valence-corrected chi connectivity index (χ3v) is 7.54. The van der Waals surface area contributed by atoms with Gasteiger partial charge in [-0.2, -0.15) is 0 Å². The highest BCUT2D eigenvalue weighted by Gasteiger charge is 2.26. The molecule has 0 aromatic heterocycles. The van der Waals surface area contributed by atoms with Gasteiger partial charge in [-0.1, -0.05) is 35.9 Å². The maximum Gasteiger partial charge on any atom is 0.474 e. The third kappa shape index (κ3) is 7.47. The number of fused-ring (bicyclic) bond motifs is 1. The predicted octanol–water partition coefficient (Wildman–Crippen LogP) is 6.95. The molecule has 1 aliphatic carbocycles. The van der Waals surface area contributed by atoms with Crippen molar-refractivity contribution in [2.75, 3.05) is 26.4 Å². The lowest BCUT2D eigenvalue weighted by molar-refractivity contribution is -0.120. The number of nitrogens with one attached hydrogen (secondary N) is 1. The summed E-state index contributed by atoms with van der Waals surface area (Å²) in [4.78, 5) is 12.7. The van der Waals surface area contributed by atoms with E-state index in [-0.39, 0.29) is 38.0 Å². The maximum absolute atomic E-state index is 14.1. The molecule has 0 unspecified atom stereocenters. The summed E-state index contributed by atoms with van der Waals surface area (Å²) >= 11 is 0. The van der Waals surface area contributed by atoms with E-state index >= 15 is 0 Å². The van der Waals surface area contributed by atoms with Gasteiger partial charge in [-0.15, -0.1) is 0 Å². The number of allylic oxidation sites excluding steroid dienone is 2. The molecule has 8 heteroatoms. The summed E-state index contributed by atoms with van der Waals surface area (Å²) in [5.74, 6) is -0.459. The highest BCUT2D eigenvalue weighted by molar-refractivity contribution is 7.48. The molecule has 0 aliphatic heterocycles. The van der Waals surface area contributed by atoms with Gasteiger partial charge >= 0.3 is 7.82 Å². The van der Waals surface area contributed by atoms with E-state index in [9.17, 15) is 13.8 Å². The number of carbonyl (C=O) groups is 1. The van der Waals surface area contributed by atoms with Crippen molar-refractivity contribution in [1.29, 1.82) is 0 Å². The van der Waals surface area contributed by atoms with Crippen LogP contribution < -0.4 is 5.32 Å². The number of benzene rings is 2. The first-order valence-corrected chi connectivity index (χ1v) is 13.8. The first-order chi connectivity index (χ1) is 17.3. The molecule has 0 spiro atoms. The molecular formula is C28H35FNO5P. The van der Waals surface area contributed by atoms with Crippen molar-refractivity contribution in [3.63, 3.8) is 0 Å². The molecule has 194 valence electrons. The Morgan fingerprint density at radius 1 is 0.972 bits per heavy atom. The summed E-state index contributed by atoms with van der Waals surface area (Å²) in [6.45, 7) is 8.59. The second-order valence-corrected chi connectivity index (χ2v) is 10.3. The lowest BCUT2D eigenvalue weighted by Crippen LogP contribution is -2.24. The topological polar surface area (TPSA) is 73.9 Å². The van der Waals surface area contributed by atoms with Gasteiger partial charge in [-0.05, 0) is 92.2 Å². The fourth-order valence-corrected chi connectivity index (χ4v) is 5.30. The second kappa shape index (κ2) is 13.1. The average Bonchev–Trinajstić information content (AvgIpc) is 3.08. The Bertz CT molecular complexity index is 1160. The Balaban J connectivity index is 1.60. The number of rotatable bonds is 13. The van der Waals surface area contributed by atoms with Crippen LogP contribution in [0.5, 0.6) is 0 Å². The van der Waals surface area contributed by atoms with Gasteiger partial charge in [0, 0.05) is 6.54 Å². The van der Waals surface area contributed by atoms with E-state index in [0.29, 0.717) is 19.4 Å². The smallest absolute Gasteiger partial charge is 0.356 e. The molecule has 36 heavy (non-hydrogen) atoms. The molecule has 0 bridgehead atoms. The number of carbonyl (C=O) groups excluding carboxylic acids is 1. The summed E-state index contributed by atoms with van der Waals surface area (Å²) in [6.07, 6.45) is 3.48. The molecule has 1 aliphatic rings. The fraction of sp³-hybridized carbons (Fsp3) is 0.393. The molecule has 1 amide bonds. The number of hydrogen-bond donors (Lipinski definition) is 1. The molecule has 0 saturated heterocycles. The summed E-state index contributed by atoms with van der Waals surface area (Å²) < 4.78 is 41.9. The molecule has 2 aromatic rings. The number of halogens is 1. The first kappa shape index (κ1) is 28.0. The molecule has 0 heterocycles. The van der Waals surface area contributed by atoms with E-state index < -0.39 is 7.82 Å². The van der Waals surface area contributed by atoms with Gasteiger partial charge in [0.05, 0.1) is 26.2 Å². The first-order valence-electron chi connectivity index (χ1n) is 12.4. The van der Waals surface area contributed by atoms with E-state index in [1.54, 1.807) is 19.9 Å². The standard InChI is InChI=1S/C28H35FNO5P/c1-5-33-36(32,34-6-2)35-16-8-7-15-30-28(31)19-26-21(4)25(17-22-11-9-20(3)10-12-22)24-14-13-23(29)18-27(24)26/h9-14,17-18H,5-8,15-16,19H2,1-4H3,(H,30,31)/b25-17-. The Morgan fingerprint density at radius 3 is 2.33 bits per heavy atom. The normalized spacial score (nSPS) is 14.4. The summed E-state index contributed by atoms with van der Waals surface area (Å²) in [5, 5.41) is 2.92. The van der Waals surface area contributed by atoms with Crippen molar-refractivity contribution < 1.29 is 27.3 Å². The molecule has 3 rings (SSSR count). The summed E-state index contributed by atoms with van der Waals surface area (Å²) in [6, 6.07) is 12.9. The van der Waals surface area contributed by atoms with Gasteiger partial charge < -0.3 is 5.32 Å². The summed E-state index contributed by atoms with van der Waals surface area (Å²) in [5.41, 5.74) is 6.73.